The van der Waals surface area contributed by atoms with Crippen LogP contribution in [0.15, 0.2) is 18.2 Å². The maximum absolute atomic E-state index is 5.50. The normalized spacial score (nSPS) is 17.2. The Hall–Kier alpha value is -1.06. The number of hydrogen-bond donors (Lipinski definition) is 1. The summed E-state index contributed by atoms with van der Waals surface area (Å²) in [6.07, 6.45) is 1.12. The van der Waals surface area contributed by atoms with Crippen LogP contribution in [0.1, 0.15) is 31.9 Å². The molecule has 1 fully saturated rings. The van der Waals surface area contributed by atoms with E-state index < -0.39 is 0 Å². The number of benzene rings is 1. The van der Waals surface area contributed by atoms with Crippen LogP contribution in [0.3, 0.4) is 0 Å². The van der Waals surface area contributed by atoms with Crippen LogP contribution >= 0.6 is 0 Å². The van der Waals surface area contributed by atoms with Crippen molar-refractivity contribution in [2.24, 2.45) is 0 Å². The van der Waals surface area contributed by atoms with E-state index in [0.29, 0.717) is 0 Å². The first-order valence-electron chi connectivity index (χ1n) is 7.61. The second-order valence-electron chi connectivity index (χ2n) is 6.63. The first-order valence-corrected chi connectivity index (χ1v) is 7.61. The molecule has 0 radical (unpaired) electrons. The Morgan fingerprint density at radius 3 is 2.50 bits per heavy atom. The van der Waals surface area contributed by atoms with Crippen molar-refractivity contribution in [1.29, 1.82) is 0 Å². The van der Waals surface area contributed by atoms with Gasteiger partial charge in [-0.3, -0.25) is 0 Å². The zero-order chi connectivity index (χ0) is 14.6. The van der Waals surface area contributed by atoms with E-state index in [1.165, 1.54) is 24.2 Å². The monoisotopic (exact) mass is 276 g/mol. The Bertz CT molecular complexity index is 431. The summed E-state index contributed by atoms with van der Waals surface area (Å²) in [5.74, 6) is 1.00. The minimum atomic E-state index is 0.121. The molecule has 3 heteroatoms. The van der Waals surface area contributed by atoms with Crippen LogP contribution in [0.2, 0.25) is 0 Å². The molecule has 112 valence electrons. The average Bonchev–Trinajstić information content (AvgIpc) is 2.45. The largest absolute Gasteiger partial charge is 0.496 e. The maximum atomic E-state index is 5.50. The SMILES string of the molecule is COc1ccc(CCN2CCNCC2)cc1C(C)(C)C. The van der Waals surface area contributed by atoms with Crippen LogP contribution in [0.25, 0.3) is 0 Å². The highest BCUT2D eigenvalue weighted by Crippen LogP contribution is 2.32. The molecular weight excluding hydrogens is 248 g/mol. The number of nitrogens with zero attached hydrogens (tertiary/aromatic N) is 1. The minimum Gasteiger partial charge on any atom is -0.496 e. The predicted molar refractivity (Wildman–Crippen MR) is 84.7 cm³/mol. The van der Waals surface area contributed by atoms with Crippen molar-refractivity contribution in [3.05, 3.63) is 29.3 Å². The van der Waals surface area contributed by atoms with Crippen molar-refractivity contribution in [2.75, 3.05) is 39.8 Å². The van der Waals surface area contributed by atoms with Crippen molar-refractivity contribution >= 4 is 0 Å². The molecule has 1 N–H and O–H groups in total. The van der Waals surface area contributed by atoms with E-state index in [9.17, 15) is 0 Å². The molecule has 20 heavy (non-hydrogen) atoms. The van der Waals surface area contributed by atoms with Crippen LogP contribution in [0.5, 0.6) is 5.75 Å². The fourth-order valence-electron chi connectivity index (χ4n) is 2.72. The van der Waals surface area contributed by atoms with Gasteiger partial charge in [0.1, 0.15) is 5.75 Å². The van der Waals surface area contributed by atoms with E-state index >= 15 is 0 Å². The molecule has 1 saturated heterocycles. The molecular formula is C17H28N2O. The van der Waals surface area contributed by atoms with Crippen molar-refractivity contribution in [3.63, 3.8) is 0 Å². The summed E-state index contributed by atoms with van der Waals surface area (Å²) in [4.78, 5) is 2.54. The van der Waals surface area contributed by atoms with E-state index in [0.717, 1.165) is 31.8 Å². The van der Waals surface area contributed by atoms with E-state index in [-0.39, 0.29) is 5.41 Å². The van der Waals surface area contributed by atoms with Gasteiger partial charge in [-0.25, -0.2) is 0 Å². The molecule has 1 aromatic rings. The number of ether oxygens (including phenoxy) is 1. The van der Waals surface area contributed by atoms with Crippen molar-refractivity contribution in [3.8, 4) is 5.75 Å². The molecule has 0 aromatic heterocycles. The van der Waals surface area contributed by atoms with Crippen LogP contribution in [-0.2, 0) is 11.8 Å². The quantitative estimate of drug-likeness (QED) is 0.914. The molecule has 0 amide bonds. The van der Waals surface area contributed by atoms with Crippen LogP contribution < -0.4 is 10.1 Å². The highest BCUT2D eigenvalue weighted by Gasteiger charge is 2.19. The molecule has 0 atom stereocenters. The number of rotatable bonds is 4. The standard InChI is InChI=1S/C17H28N2O/c1-17(2,3)15-13-14(5-6-16(15)20-4)7-10-19-11-8-18-9-12-19/h5-6,13,18H,7-12H2,1-4H3. The second kappa shape index (κ2) is 6.59. The average molecular weight is 276 g/mol. The smallest absolute Gasteiger partial charge is 0.122 e. The number of methoxy groups -OCH3 is 1. The third kappa shape index (κ3) is 3.97. The van der Waals surface area contributed by atoms with E-state index in [1.54, 1.807) is 7.11 Å². The first-order chi connectivity index (χ1) is 9.50. The lowest BCUT2D eigenvalue weighted by molar-refractivity contribution is 0.244. The molecule has 1 heterocycles. The van der Waals surface area contributed by atoms with Gasteiger partial charge in [0.25, 0.3) is 0 Å². The molecule has 1 aliphatic heterocycles. The van der Waals surface area contributed by atoms with E-state index in [4.69, 9.17) is 4.74 Å². The molecule has 0 aliphatic carbocycles. The van der Waals surface area contributed by atoms with Crippen LogP contribution in [0, 0.1) is 0 Å². The molecule has 3 nitrogen and oxygen atoms in total. The molecule has 1 aliphatic rings. The fourth-order valence-corrected chi connectivity index (χ4v) is 2.72. The van der Waals surface area contributed by atoms with Crippen molar-refractivity contribution < 1.29 is 4.74 Å². The summed E-state index contributed by atoms with van der Waals surface area (Å²) >= 11 is 0. The van der Waals surface area contributed by atoms with Gasteiger partial charge < -0.3 is 15.0 Å². The van der Waals surface area contributed by atoms with Gasteiger partial charge in [-0.2, -0.15) is 0 Å². The zero-order valence-electron chi connectivity index (χ0n) is 13.3. The van der Waals surface area contributed by atoms with Gasteiger partial charge in [0, 0.05) is 32.7 Å². The van der Waals surface area contributed by atoms with Crippen LogP contribution in [0.4, 0.5) is 0 Å². The van der Waals surface area contributed by atoms with Gasteiger partial charge in [-0.05, 0) is 29.0 Å². The molecule has 0 saturated carbocycles. The van der Waals surface area contributed by atoms with E-state index in [1.807, 2.05) is 0 Å². The summed E-state index contributed by atoms with van der Waals surface area (Å²) < 4.78 is 5.50. The number of piperazine rings is 1. The summed E-state index contributed by atoms with van der Waals surface area (Å²) in [7, 11) is 1.75. The minimum absolute atomic E-state index is 0.121. The topological polar surface area (TPSA) is 24.5 Å². The van der Waals surface area contributed by atoms with Gasteiger partial charge in [0.05, 0.1) is 7.11 Å². The lowest BCUT2D eigenvalue weighted by Gasteiger charge is -2.27. The Balaban J connectivity index is 2.04. The third-order valence-corrected chi connectivity index (χ3v) is 4.00. The Labute approximate surface area is 123 Å². The predicted octanol–water partition coefficient (Wildman–Crippen LogP) is 2.44. The molecule has 1 aromatic carbocycles. The highest BCUT2D eigenvalue weighted by molar-refractivity contribution is 5.41. The lowest BCUT2D eigenvalue weighted by Crippen LogP contribution is -2.44. The highest BCUT2D eigenvalue weighted by atomic mass is 16.5. The number of nitrogens with one attached hydrogen (secondary N) is 1. The van der Waals surface area contributed by atoms with Gasteiger partial charge in [0.2, 0.25) is 0 Å². The zero-order valence-corrected chi connectivity index (χ0v) is 13.3. The fraction of sp³-hybridized carbons (Fsp3) is 0.647. The second-order valence-corrected chi connectivity index (χ2v) is 6.63. The van der Waals surface area contributed by atoms with Gasteiger partial charge >= 0.3 is 0 Å². The van der Waals surface area contributed by atoms with Crippen LogP contribution in [-0.4, -0.2) is 44.7 Å². The molecule has 0 bridgehead atoms. The van der Waals surface area contributed by atoms with Gasteiger partial charge in [-0.15, -0.1) is 0 Å². The van der Waals surface area contributed by atoms with E-state index in [2.05, 4.69) is 49.2 Å². The van der Waals surface area contributed by atoms with Gasteiger partial charge in [-0.1, -0.05) is 32.9 Å². The first kappa shape index (κ1) is 15.3. The lowest BCUT2D eigenvalue weighted by atomic mass is 9.85. The third-order valence-electron chi connectivity index (χ3n) is 4.00. The molecule has 0 unspecified atom stereocenters. The summed E-state index contributed by atoms with van der Waals surface area (Å²) in [5.41, 5.74) is 2.84. The molecule has 0 spiro atoms. The van der Waals surface area contributed by atoms with Crippen molar-refractivity contribution in [2.45, 2.75) is 32.6 Å². The Morgan fingerprint density at radius 2 is 1.90 bits per heavy atom. The summed E-state index contributed by atoms with van der Waals surface area (Å²) in [6, 6.07) is 6.64. The summed E-state index contributed by atoms with van der Waals surface area (Å²) in [6.45, 7) is 12.5. The molecule has 2 rings (SSSR count). The maximum Gasteiger partial charge on any atom is 0.122 e. The number of hydrogen-bond acceptors (Lipinski definition) is 3. The Morgan fingerprint density at radius 1 is 1.20 bits per heavy atom. The van der Waals surface area contributed by atoms with Crippen molar-refractivity contribution in [1.82, 2.24) is 10.2 Å². The Kier molecular flexibility index (Phi) is 5.06. The van der Waals surface area contributed by atoms with Gasteiger partial charge in [0.15, 0.2) is 0 Å². The summed E-state index contributed by atoms with van der Waals surface area (Å²) in [5, 5.41) is 3.40.